The molecule has 37 heavy (non-hydrogen) atoms. The van der Waals surface area contributed by atoms with Crippen molar-refractivity contribution in [3.05, 3.63) is 67.1 Å². The van der Waals surface area contributed by atoms with Crippen molar-refractivity contribution in [1.29, 1.82) is 0 Å². The number of nitrogens with one attached hydrogen (secondary N) is 1. The molecule has 1 aromatic carbocycles. The third-order valence-corrected chi connectivity index (χ3v) is 7.76. The summed E-state index contributed by atoms with van der Waals surface area (Å²) in [5.41, 5.74) is 3.28. The van der Waals surface area contributed by atoms with E-state index >= 15 is 0 Å². The fourth-order valence-corrected chi connectivity index (χ4v) is 5.38. The number of anilines is 2. The molecule has 1 N–H and O–H groups in total. The Morgan fingerprint density at radius 2 is 1.84 bits per heavy atom. The highest BCUT2D eigenvalue weighted by molar-refractivity contribution is 14.1. The Balaban J connectivity index is 1.74. The normalized spacial score (nSPS) is 16.5. The molecule has 1 fully saturated rings. The minimum atomic E-state index is -0.592. The number of ether oxygens (including phenoxy) is 1. The number of para-hydroxylation sites is 1. The molecule has 0 unspecified atom stereocenters. The summed E-state index contributed by atoms with van der Waals surface area (Å²) in [6.45, 7) is 15.9. The van der Waals surface area contributed by atoms with E-state index in [4.69, 9.17) is 9.72 Å². The zero-order valence-corrected chi connectivity index (χ0v) is 25.0. The van der Waals surface area contributed by atoms with Crippen molar-refractivity contribution in [2.24, 2.45) is 5.41 Å². The van der Waals surface area contributed by atoms with E-state index in [1.54, 1.807) is 10.5 Å². The van der Waals surface area contributed by atoms with Crippen molar-refractivity contribution < 1.29 is 9.53 Å². The molecule has 0 spiro atoms. The van der Waals surface area contributed by atoms with E-state index in [-0.39, 0.29) is 17.6 Å². The summed E-state index contributed by atoms with van der Waals surface area (Å²) in [6.07, 6.45) is 3.97. The van der Waals surface area contributed by atoms with Crippen molar-refractivity contribution in [2.75, 3.05) is 23.3 Å². The Hall–Kier alpha value is -2.62. The second-order valence-corrected chi connectivity index (χ2v) is 12.9. The van der Waals surface area contributed by atoms with Crippen LogP contribution >= 0.6 is 22.6 Å². The Kier molecular flexibility index (Phi) is 7.61. The zero-order valence-electron chi connectivity index (χ0n) is 22.8. The SMILES string of the molecule is Cc1cc([C@@H](C)Nc2ccccc2C(=O)OC(C)(C)C)c2nc(N3CCC(C)(C)CC3)c(I)c(=O)n2c1. The van der Waals surface area contributed by atoms with Crippen LogP contribution in [0.1, 0.15) is 81.9 Å². The highest BCUT2D eigenvalue weighted by Crippen LogP contribution is 2.33. The molecule has 0 radical (unpaired) electrons. The van der Waals surface area contributed by atoms with Crippen LogP contribution in [0.25, 0.3) is 5.65 Å². The van der Waals surface area contributed by atoms with Gasteiger partial charge in [-0.05, 0) is 99.2 Å². The monoisotopic (exact) mass is 616 g/mol. The van der Waals surface area contributed by atoms with Crippen molar-refractivity contribution in [1.82, 2.24) is 9.38 Å². The summed E-state index contributed by atoms with van der Waals surface area (Å²) in [7, 11) is 0. The van der Waals surface area contributed by atoms with Gasteiger partial charge in [0.1, 0.15) is 20.6 Å². The number of benzene rings is 1. The summed E-state index contributed by atoms with van der Waals surface area (Å²) < 4.78 is 7.92. The second-order valence-electron chi connectivity index (χ2n) is 11.8. The molecule has 1 atom stereocenters. The van der Waals surface area contributed by atoms with Crippen molar-refractivity contribution in [3.63, 3.8) is 0 Å². The number of hydrogen-bond acceptors (Lipinski definition) is 6. The second kappa shape index (κ2) is 10.3. The number of nitrogens with zero attached hydrogens (tertiary/aromatic N) is 3. The lowest BCUT2D eigenvalue weighted by molar-refractivity contribution is 0.00706. The highest BCUT2D eigenvalue weighted by Gasteiger charge is 2.29. The average Bonchev–Trinajstić information content (AvgIpc) is 2.80. The zero-order chi connectivity index (χ0) is 27.1. The summed E-state index contributed by atoms with van der Waals surface area (Å²) >= 11 is 2.14. The van der Waals surface area contributed by atoms with Gasteiger partial charge in [0.2, 0.25) is 0 Å². The maximum atomic E-state index is 13.5. The van der Waals surface area contributed by atoms with Crippen LogP contribution in [0.4, 0.5) is 11.5 Å². The van der Waals surface area contributed by atoms with Crippen LogP contribution in [-0.4, -0.2) is 34.0 Å². The van der Waals surface area contributed by atoms with Crippen LogP contribution < -0.4 is 15.8 Å². The number of carbonyl (C=O) groups is 1. The number of hydrogen-bond donors (Lipinski definition) is 1. The third-order valence-electron chi connectivity index (χ3n) is 6.82. The molecule has 8 heteroatoms. The molecule has 1 aliphatic rings. The molecule has 0 aliphatic carbocycles. The van der Waals surface area contributed by atoms with Gasteiger partial charge in [0.25, 0.3) is 5.56 Å². The Labute approximate surface area is 232 Å². The van der Waals surface area contributed by atoms with Crippen LogP contribution in [0.3, 0.4) is 0 Å². The first-order valence-electron chi connectivity index (χ1n) is 12.8. The first kappa shape index (κ1) is 27.4. The molecule has 1 saturated heterocycles. The van der Waals surface area contributed by atoms with Crippen molar-refractivity contribution in [3.8, 4) is 0 Å². The van der Waals surface area contributed by atoms with Gasteiger partial charge in [0.15, 0.2) is 0 Å². The maximum Gasteiger partial charge on any atom is 0.340 e. The van der Waals surface area contributed by atoms with Crippen LogP contribution in [0.5, 0.6) is 0 Å². The lowest BCUT2D eigenvalue weighted by Gasteiger charge is -2.37. The predicted molar refractivity (Wildman–Crippen MR) is 158 cm³/mol. The first-order chi connectivity index (χ1) is 17.3. The molecule has 4 rings (SSSR count). The molecule has 1 aliphatic heterocycles. The number of aryl methyl sites for hydroxylation is 1. The molecule has 0 saturated carbocycles. The Morgan fingerprint density at radius 1 is 1.19 bits per heavy atom. The lowest BCUT2D eigenvalue weighted by Crippen LogP contribution is -2.39. The van der Waals surface area contributed by atoms with E-state index in [9.17, 15) is 9.59 Å². The molecular weight excluding hydrogens is 579 g/mol. The van der Waals surface area contributed by atoms with Crippen LogP contribution in [-0.2, 0) is 4.74 Å². The Morgan fingerprint density at radius 3 is 2.49 bits per heavy atom. The molecular formula is C29H37IN4O3. The predicted octanol–water partition coefficient (Wildman–Crippen LogP) is 6.36. The smallest absolute Gasteiger partial charge is 0.340 e. The largest absolute Gasteiger partial charge is 0.456 e. The van der Waals surface area contributed by atoms with Gasteiger partial charge < -0.3 is 15.0 Å². The van der Waals surface area contributed by atoms with Crippen molar-refractivity contribution >= 4 is 45.7 Å². The Bertz CT molecular complexity index is 1380. The van der Waals surface area contributed by atoms with E-state index in [0.29, 0.717) is 25.9 Å². The van der Waals surface area contributed by atoms with Crippen LogP contribution in [0.15, 0.2) is 41.3 Å². The standard InChI is InChI=1S/C29H37IN4O3/c1-18-16-21(19(2)31-22-11-9-8-10-20(22)27(36)37-28(3,4)5)24-32-25(23(30)26(35)34(24)17-18)33-14-12-29(6,7)13-15-33/h8-11,16-17,19,31H,12-15H2,1-7H3/t19-/m1/s1. The number of pyridine rings is 1. The van der Waals surface area contributed by atoms with E-state index in [2.05, 4.69) is 52.7 Å². The van der Waals surface area contributed by atoms with Crippen LogP contribution in [0, 0.1) is 15.9 Å². The van der Waals surface area contributed by atoms with Gasteiger partial charge in [-0.2, -0.15) is 0 Å². The minimum absolute atomic E-state index is 0.0586. The molecule has 0 amide bonds. The summed E-state index contributed by atoms with van der Waals surface area (Å²) in [5.74, 6) is 0.378. The number of rotatable bonds is 5. The molecule has 198 valence electrons. The average molecular weight is 617 g/mol. The third kappa shape index (κ3) is 6.10. The molecule has 2 aromatic heterocycles. The van der Waals surface area contributed by atoms with Gasteiger partial charge >= 0.3 is 5.97 Å². The van der Waals surface area contributed by atoms with E-state index in [0.717, 1.165) is 42.9 Å². The topological polar surface area (TPSA) is 75.9 Å². The highest BCUT2D eigenvalue weighted by atomic mass is 127. The fourth-order valence-electron chi connectivity index (χ4n) is 4.66. The van der Waals surface area contributed by atoms with E-state index in [1.165, 1.54) is 0 Å². The van der Waals surface area contributed by atoms with Gasteiger partial charge in [0.05, 0.1) is 11.6 Å². The summed E-state index contributed by atoms with van der Waals surface area (Å²) in [4.78, 5) is 33.7. The number of piperidine rings is 1. The van der Waals surface area contributed by atoms with Gasteiger partial charge in [-0.1, -0.05) is 26.0 Å². The number of carbonyl (C=O) groups excluding carboxylic acids is 1. The number of aromatic nitrogens is 2. The van der Waals surface area contributed by atoms with Gasteiger partial charge in [-0.15, -0.1) is 0 Å². The van der Waals surface area contributed by atoms with Crippen LogP contribution in [0.2, 0.25) is 0 Å². The number of halogens is 1. The molecule has 0 bridgehead atoms. The lowest BCUT2D eigenvalue weighted by atomic mass is 9.83. The number of fused-ring (bicyclic) bond motifs is 1. The van der Waals surface area contributed by atoms with Crippen molar-refractivity contribution in [2.45, 2.75) is 73.0 Å². The molecule has 3 heterocycles. The van der Waals surface area contributed by atoms with E-state index < -0.39 is 5.60 Å². The maximum absolute atomic E-state index is 13.5. The van der Waals surface area contributed by atoms with Gasteiger partial charge in [-0.3, -0.25) is 9.20 Å². The molecule has 3 aromatic rings. The van der Waals surface area contributed by atoms with E-state index in [1.807, 2.05) is 59.0 Å². The first-order valence-corrected chi connectivity index (χ1v) is 13.9. The van der Waals surface area contributed by atoms with Gasteiger partial charge in [0, 0.05) is 30.5 Å². The fraction of sp³-hybridized carbons (Fsp3) is 0.483. The summed E-state index contributed by atoms with van der Waals surface area (Å²) in [5, 5.41) is 3.48. The minimum Gasteiger partial charge on any atom is -0.456 e. The number of esters is 1. The quantitative estimate of drug-likeness (QED) is 0.266. The van der Waals surface area contributed by atoms with Gasteiger partial charge in [-0.25, -0.2) is 9.78 Å². The molecule has 7 nitrogen and oxygen atoms in total. The summed E-state index contributed by atoms with van der Waals surface area (Å²) in [6, 6.07) is 9.19.